The van der Waals surface area contributed by atoms with Crippen molar-refractivity contribution in [2.75, 3.05) is 19.6 Å². The van der Waals surface area contributed by atoms with Crippen molar-refractivity contribution < 1.29 is 0 Å². The Bertz CT molecular complexity index is 202. The fraction of sp³-hybridized carbons (Fsp3) is 1.00. The van der Waals surface area contributed by atoms with E-state index in [-0.39, 0.29) is 0 Å². The smallest absolute Gasteiger partial charge is 0.0214 e. The lowest BCUT2D eigenvalue weighted by Gasteiger charge is -2.32. The van der Waals surface area contributed by atoms with Crippen molar-refractivity contribution >= 4 is 0 Å². The van der Waals surface area contributed by atoms with Crippen LogP contribution in [0, 0.1) is 0 Å². The van der Waals surface area contributed by atoms with Crippen LogP contribution in [0.4, 0.5) is 0 Å². The lowest BCUT2D eigenvalue weighted by Crippen LogP contribution is -2.41. The molecule has 2 saturated heterocycles. The summed E-state index contributed by atoms with van der Waals surface area (Å²) in [6.07, 6.45) is 10.2. The minimum atomic E-state index is 0.717. The Labute approximate surface area is 87.0 Å². The third kappa shape index (κ3) is 1.49. The molecule has 3 aliphatic rings. The van der Waals surface area contributed by atoms with Crippen LogP contribution in [0.5, 0.6) is 0 Å². The summed E-state index contributed by atoms with van der Waals surface area (Å²) in [7, 11) is 0. The van der Waals surface area contributed by atoms with Gasteiger partial charge in [-0.15, -0.1) is 0 Å². The quantitative estimate of drug-likeness (QED) is 0.684. The third-order valence-electron chi connectivity index (χ3n) is 4.46. The second-order valence-electron chi connectivity index (χ2n) is 5.36. The Morgan fingerprint density at radius 2 is 1.93 bits per heavy atom. The van der Waals surface area contributed by atoms with Crippen LogP contribution < -0.4 is 5.32 Å². The lowest BCUT2D eigenvalue weighted by molar-refractivity contribution is 0.151. The highest BCUT2D eigenvalue weighted by Crippen LogP contribution is 2.51. The molecule has 0 bridgehead atoms. The maximum Gasteiger partial charge on any atom is 0.0214 e. The van der Waals surface area contributed by atoms with Gasteiger partial charge in [-0.3, -0.25) is 4.90 Å². The van der Waals surface area contributed by atoms with Crippen molar-refractivity contribution in [3.63, 3.8) is 0 Å². The van der Waals surface area contributed by atoms with Gasteiger partial charge in [0, 0.05) is 11.6 Å². The predicted molar refractivity (Wildman–Crippen MR) is 58.4 cm³/mol. The molecule has 80 valence electrons. The van der Waals surface area contributed by atoms with Crippen LogP contribution in [-0.2, 0) is 0 Å². The number of nitrogens with one attached hydrogen (secondary N) is 1. The van der Waals surface area contributed by atoms with E-state index in [1.54, 1.807) is 0 Å². The average molecular weight is 194 g/mol. The summed E-state index contributed by atoms with van der Waals surface area (Å²) in [5, 5.41) is 3.52. The third-order valence-corrected chi connectivity index (χ3v) is 4.46. The highest BCUT2D eigenvalue weighted by Gasteiger charge is 2.52. The van der Waals surface area contributed by atoms with Crippen molar-refractivity contribution in [1.29, 1.82) is 0 Å². The maximum atomic E-state index is 3.52. The monoisotopic (exact) mass is 194 g/mol. The summed E-state index contributed by atoms with van der Waals surface area (Å²) in [6, 6.07) is 0.912. The van der Waals surface area contributed by atoms with E-state index in [1.165, 1.54) is 64.6 Å². The molecule has 1 saturated carbocycles. The number of hydrogen-bond donors (Lipinski definition) is 1. The number of hydrogen-bond acceptors (Lipinski definition) is 2. The molecule has 0 radical (unpaired) electrons. The molecule has 0 amide bonds. The van der Waals surface area contributed by atoms with Crippen LogP contribution in [0.25, 0.3) is 0 Å². The molecule has 2 heteroatoms. The fourth-order valence-corrected chi connectivity index (χ4v) is 3.52. The molecule has 3 fully saturated rings. The van der Waals surface area contributed by atoms with E-state index in [4.69, 9.17) is 0 Å². The fourth-order valence-electron chi connectivity index (χ4n) is 3.52. The number of likely N-dealkylation sites (tertiary alicyclic amines) is 1. The molecule has 0 aromatic carbocycles. The second-order valence-corrected chi connectivity index (χ2v) is 5.36. The summed E-state index contributed by atoms with van der Waals surface area (Å²) in [5.41, 5.74) is 0.717. The van der Waals surface area contributed by atoms with Crippen molar-refractivity contribution in [1.82, 2.24) is 10.2 Å². The molecule has 3 rings (SSSR count). The van der Waals surface area contributed by atoms with Crippen molar-refractivity contribution in [2.45, 2.75) is 56.5 Å². The predicted octanol–water partition coefficient (Wildman–Crippen LogP) is 1.76. The number of rotatable bonds is 1. The zero-order chi connectivity index (χ0) is 9.43. The van der Waals surface area contributed by atoms with E-state index in [1.807, 2.05) is 0 Å². The van der Waals surface area contributed by atoms with Gasteiger partial charge < -0.3 is 5.32 Å². The van der Waals surface area contributed by atoms with E-state index in [2.05, 4.69) is 10.2 Å². The SMILES string of the molecule is C1CNCCC(N2CCCC23CC3)C1. The maximum absolute atomic E-state index is 3.52. The van der Waals surface area contributed by atoms with E-state index in [0.717, 1.165) is 11.6 Å². The van der Waals surface area contributed by atoms with Gasteiger partial charge in [0.15, 0.2) is 0 Å². The van der Waals surface area contributed by atoms with E-state index < -0.39 is 0 Å². The Kier molecular flexibility index (Phi) is 2.29. The Hall–Kier alpha value is -0.0800. The summed E-state index contributed by atoms with van der Waals surface area (Å²) < 4.78 is 0. The van der Waals surface area contributed by atoms with Gasteiger partial charge in [0.25, 0.3) is 0 Å². The van der Waals surface area contributed by atoms with Crippen LogP contribution in [0.1, 0.15) is 44.9 Å². The molecule has 14 heavy (non-hydrogen) atoms. The largest absolute Gasteiger partial charge is 0.317 e. The molecule has 1 N–H and O–H groups in total. The highest BCUT2D eigenvalue weighted by molar-refractivity contribution is 5.09. The molecule has 2 heterocycles. The summed E-state index contributed by atoms with van der Waals surface area (Å²) in [4.78, 5) is 2.88. The molecule has 2 aliphatic heterocycles. The van der Waals surface area contributed by atoms with Crippen LogP contribution >= 0.6 is 0 Å². The molecule has 1 atom stereocenters. The van der Waals surface area contributed by atoms with Gasteiger partial charge in [-0.05, 0) is 64.6 Å². The van der Waals surface area contributed by atoms with E-state index in [0.29, 0.717) is 0 Å². The number of nitrogens with zero attached hydrogens (tertiary/aromatic N) is 1. The molecule has 1 aliphatic carbocycles. The summed E-state index contributed by atoms with van der Waals surface area (Å²) in [5.74, 6) is 0. The van der Waals surface area contributed by atoms with Gasteiger partial charge in [0.1, 0.15) is 0 Å². The molecular formula is C12H22N2. The van der Waals surface area contributed by atoms with Gasteiger partial charge >= 0.3 is 0 Å². The summed E-state index contributed by atoms with van der Waals surface area (Å²) >= 11 is 0. The van der Waals surface area contributed by atoms with Gasteiger partial charge in [-0.2, -0.15) is 0 Å². The Morgan fingerprint density at radius 3 is 2.79 bits per heavy atom. The zero-order valence-electron chi connectivity index (χ0n) is 9.10. The van der Waals surface area contributed by atoms with Crippen LogP contribution in [-0.4, -0.2) is 36.1 Å². The lowest BCUT2D eigenvalue weighted by atomic mass is 10.1. The van der Waals surface area contributed by atoms with Gasteiger partial charge in [0.2, 0.25) is 0 Å². The van der Waals surface area contributed by atoms with Crippen molar-refractivity contribution in [3.8, 4) is 0 Å². The van der Waals surface area contributed by atoms with Crippen LogP contribution in [0.3, 0.4) is 0 Å². The second kappa shape index (κ2) is 3.49. The molecule has 1 spiro atoms. The molecule has 1 unspecified atom stereocenters. The zero-order valence-corrected chi connectivity index (χ0v) is 9.10. The topological polar surface area (TPSA) is 15.3 Å². The Balaban J connectivity index is 1.67. The molecule has 0 aromatic heterocycles. The first kappa shape index (κ1) is 9.17. The van der Waals surface area contributed by atoms with E-state index in [9.17, 15) is 0 Å². The van der Waals surface area contributed by atoms with E-state index >= 15 is 0 Å². The van der Waals surface area contributed by atoms with Gasteiger partial charge in [-0.1, -0.05) is 0 Å². The van der Waals surface area contributed by atoms with Crippen LogP contribution in [0.2, 0.25) is 0 Å². The van der Waals surface area contributed by atoms with Gasteiger partial charge in [-0.25, -0.2) is 0 Å². The molecule has 2 nitrogen and oxygen atoms in total. The minimum Gasteiger partial charge on any atom is -0.317 e. The molecule has 0 aromatic rings. The summed E-state index contributed by atoms with van der Waals surface area (Å²) in [6.45, 7) is 3.89. The van der Waals surface area contributed by atoms with Crippen LogP contribution in [0.15, 0.2) is 0 Å². The average Bonchev–Trinajstić information content (AvgIpc) is 2.89. The highest BCUT2D eigenvalue weighted by atomic mass is 15.3. The van der Waals surface area contributed by atoms with Crippen molar-refractivity contribution in [2.24, 2.45) is 0 Å². The first-order valence-electron chi connectivity index (χ1n) is 6.38. The normalized spacial score (nSPS) is 37.3. The Morgan fingerprint density at radius 1 is 1.00 bits per heavy atom. The minimum absolute atomic E-state index is 0.717. The molecular weight excluding hydrogens is 172 g/mol. The standard InChI is InChI=1S/C12H22N2/c1-3-11(4-9-13-8-1)14-10-2-5-12(14)6-7-12/h11,13H,1-10H2. The first-order chi connectivity index (χ1) is 6.91. The van der Waals surface area contributed by atoms with Crippen molar-refractivity contribution in [3.05, 3.63) is 0 Å². The first-order valence-corrected chi connectivity index (χ1v) is 6.38. The van der Waals surface area contributed by atoms with Gasteiger partial charge in [0.05, 0.1) is 0 Å².